The van der Waals surface area contributed by atoms with Crippen LogP contribution in [0, 0.1) is 5.92 Å². The van der Waals surface area contributed by atoms with Gasteiger partial charge in [0.1, 0.15) is 5.75 Å². The van der Waals surface area contributed by atoms with Crippen molar-refractivity contribution in [2.24, 2.45) is 5.92 Å². The third-order valence-electron chi connectivity index (χ3n) is 4.14. The van der Waals surface area contributed by atoms with Crippen LogP contribution in [0.15, 0.2) is 29.2 Å². The number of halogens is 1. The molecule has 2 rings (SSSR count). The van der Waals surface area contributed by atoms with Crippen LogP contribution in [0.1, 0.15) is 19.8 Å². The van der Waals surface area contributed by atoms with Gasteiger partial charge in [-0.15, -0.1) is 24.2 Å². The Balaban J connectivity index is 0.00000264. The molecule has 1 aromatic carbocycles. The number of ether oxygens (including phenoxy) is 1. The first-order chi connectivity index (χ1) is 10.6. The fraction of sp³-hybridized carbons (Fsp3) is 0.588. The number of benzene rings is 1. The second kappa shape index (κ2) is 10.1. The van der Waals surface area contributed by atoms with E-state index in [1.165, 1.54) is 4.90 Å². The van der Waals surface area contributed by atoms with Gasteiger partial charge in [-0.2, -0.15) is 0 Å². The molecule has 4 nitrogen and oxygen atoms in total. The highest BCUT2D eigenvalue weighted by Crippen LogP contribution is 2.21. The number of hydrogen-bond donors (Lipinski definition) is 1. The van der Waals surface area contributed by atoms with Crippen LogP contribution in [-0.2, 0) is 4.79 Å². The minimum absolute atomic E-state index is 0. The molecule has 1 aliphatic rings. The van der Waals surface area contributed by atoms with Crippen LogP contribution in [-0.4, -0.2) is 49.8 Å². The highest BCUT2D eigenvalue weighted by molar-refractivity contribution is 7.98. The van der Waals surface area contributed by atoms with Crippen molar-refractivity contribution in [2.45, 2.75) is 30.8 Å². The van der Waals surface area contributed by atoms with E-state index >= 15 is 0 Å². The number of rotatable bonds is 6. The van der Waals surface area contributed by atoms with Crippen molar-refractivity contribution in [3.63, 3.8) is 0 Å². The summed E-state index contributed by atoms with van der Waals surface area (Å²) in [6.07, 6.45) is 3.75. The van der Waals surface area contributed by atoms with Gasteiger partial charge in [-0.25, -0.2) is 0 Å². The summed E-state index contributed by atoms with van der Waals surface area (Å²) in [5.74, 6) is 1.53. The smallest absolute Gasteiger partial charge is 0.263 e. The normalized spacial score (nSPS) is 16.6. The van der Waals surface area contributed by atoms with Crippen LogP contribution in [0.2, 0.25) is 0 Å². The monoisotopic (exact) mass is 358 g/mol. The Bertz CT molecular complexity index is 476. The molecule has 1 fully saturated rings. The van der Waals surface area contributed by atoms with Crippen LogP contribution in [0.4, 0.5) is 0 Å². The highest BCUT2D eigenvalue weighted by atomic mass is 35.5. The summed E-state index contributed by atoms with van der Waals surface area (Å²) < 4.78 is 5.79. The van der Waals surface area contributed by atoms with Gasteiger partial charge in [0, 0.05) is 18.0 Å². The predicted molar refractivity (Wildman–Crippen MR) is 98.8 cm³/mol. The maximum Gasteiger partial charge on any atom is 0.263 e. The van der Waals surface area contributed by atoms with E-state index in [9.17, 15) is 4.79 Å². The lowest BCUT2D eigenvalue weighted by Gasteiger charge is -2.33. The topological polar surface area (TPSA) is 41.6 Å². The molecule has 1 aromatic rings. The molecule has 0 aliphatic carbocycles. The summed E-state index contributed by atoms with van der Waals surface area (Å²) in [6.45, 7) is 4.55. The lowest BCUT2D eigenvalue weighted by molar-refractivity contribution is -0.139. The van der Waals surface area contributed by atoms with Gasteiger partial charge in [-0.3, -0.25) is 4.79 Å². The number of hydrogen-bond acceptors (Lipinski definition) is 4. The van der Waals surface area contributed by atoms with Gasteiger partial charge in [0.2, 0.25) is 0 Å². The molecule has 0 saturated carbocycles. The van der Waals surface area contributed by atoms with Gasteiger partial charge in [-0.1, -0.05) is 0 Å². The number of carbonyl (C=O) groups excluding carboxylic acids is 1. The molecule has 1 aliphatic heterocycles. The van der Waals surface area contributed by atoms with E-state index in [0.29, 0.717) is 5.92 Å². The fourth-order valence-electron chi connectivity index (χ4n) is 2.81. The van der Waals surface area contributed by atoms with Crippen molar-refractivity contribution in [3.05, 3.63) is 24.3 Å². The summed E-state index contributed by atoms with van der Waals surface area (Å²) in [7, 11) is 1.98. The number of carbonyl (C=O) groups is 1. The number of nitrogens with zero attached hydrogens (tertiary/aromatic N) is 1. The van der Waals surface area contributed by atoms with Gasteiger partial charge in [0.05, 0.1) is 0 Å². The number of likely N-dealkylation sites (tertiary alicyclic amines) is 1. The summed E-state index contributed by atoms with van der Waals surface area (Å²) in [5.41, 5.74) is 0. The molecule has 1 amide bonds. The first-order valence-electron chi connectivity index (χ1n) is 7.88. The van der Waals surface area contributed by atoms with E-state index in [-0.39, 0.29) is 18.3 Å². The van der Waals surface area contributed by atoms with E-state index in [4.69, 9.17) is 4.74 Å². The fourth-order valence-corrected chi connectivity index (χ4v) is 3.22. The average Bonchev–Trinajstić information content (AvgIpc) is 2.56. The molecular weight excluding hydrogens is 332 g/mol. The van der Waals surface area contributed by atoms with E-state index < -0.39 is 6.10 Å². The lowest BCUT2D eigenvalue weighted by atomic mass is 9.96. The standard InChI is InChI=1S/C17H26N2O2S.ClH/c1-13(21-15-4-6-16(22-3)7-5-15)17(20)19-10-8-14(9-11-19)12-18-2;/h4-7,13-14,18H,8-12H2,1-3H3;1H. The Morgan fingerprint density at radius 3 is 2.48 bits per heavy atom. The molecule has 130 valence electrons. The summed E-state index contributed by atoms with van der Waals surface area (Å²) in [4.78, 5) is 15.6. The molecule has 1 N–H and O–H groups in total. The second-order valence-electron chi connectivity index (χ2n) is 5.76. The van der Waals surface area contributed by atoms with E-state index in [0.717, 1.165) is 38.2 Å². The van der Waals surface area contributed by atoms with Crippen LogP contribution in [0.5, 0.6) is 5.75 Å². The first kappa shape index (κ1) is 20.1. The van der Waals surface area contributed by atoms with Gasteiger partial charge in [-0.05, 0) is 69.8 Å². The van der Waals surface area contributed by atoms with E-state index in [2.05, 4.69) is 5.32 Å². The molecule has 1 atom stereocenters. The molecule has 0 radical (unpaired) electrons. The Morgan fingerprint density at radius 1 is 1.35 bits per heavy atom. The number of nitrogens with one attached hydrogen (secondary N) is 1. The number of thioether (sulfide) groups is 1. The Hall–Kier alpha value is -0.910. The minimum atomic E-state index is -0.430. The zero-order valence-electron chi connectivity index (χ0n) is 14.1. The maximum atomic E-state index is 12.5. The zero-order chi connectivity index (χ0) is 15.9. The van der Waals surface area contributed by atoms with Crippen LogP contribution in [0.25, 0.3) is 0 Å². The van der Waals surface area contributed by atoms with Crippen molar-refractivity contribution >= 4 is 30.1 Å². The van der Waals surface area contributed by atoms with Gasteiger partial charge < -0.3 is 15.0 Å². The third-order valence-corrected chi connectivity index (χ3v) is 4.88. The molecular formula is C17H27ClN2O2S. The maximum absolute atomic E-state index is 12.5. The molecule has 6 heteroatoms. The van der Waals surface area contributed by atoms with Crippen LogP contribution >= 0.6 is 24.2 Å². The molecule has 1 unspecified atom stereocenters. The third kappa shape index (κ3) is 5.90. The van der Waals surface area contributed by atoms with E-state index in [1.807, 2.05) is 49.4 Å². The highest BCUT2D eigenvalue weighted by Gasteiger charge is 2.26. The average molecular weight is 359 g/mol. The Kier molecular flexibility index (Phi) is 8.81. The Labute approximate surface area is 149 Å². The van der Waals surface area contributed by atoms with Crippen LogP contribution in [0.3, 0.4) is 0 Å². The summed E-state index contributed by atoms with van der Waals surface area (Å²) in [6, 6.07) is 7.88. The number of piperidine rings is 1. The van der Waals surface area contributed by atoms with Crippen molar-refractivity contribution in [1.29, 1.82) is 0 Å². The minimum Gasteiger partial charge on any atom is -0.481 e. The molecule has 0 spiro atoms. The van der Waals surface area contributed by atoms with E-state index in [1.54, 1.807) is 11.8 Å². The largest absolute Gasteiger partial charge is 0.481 e. The molecule has 0 bridgehead atoms. The molecule has 1 heterocycles. The lowest BCUT2D eigenvalue weighted by Crippen LogP contribution is -2.45. The van der Waals surface area contributed by atoms with Crippen molar-refractivity contribution < 1.29 is 9.53 Å². The summed E-state index contributed by atoms with van der Waals surface area (Å²) >= 11 is 1.69. The summed E-state index contributed by atoms with van der Waals surface area (Å²) in [5, 5.41) is 3.22. The van der Waals surface area contributed by atoms with Gasteiger partial charge in [0.15, 0.2) is 6.10 Å². The molecule has 1 saturated heterocycles. The number of amides is 1. The van der Waals surface area contributed by atoms with Gasteiger partial charge in [0.25, 0.3) is 5.91 Å². The van der Waals surface area contributed by atoms with Crippen molar-refractivity contribution in [3.8, 4) is 5.75 Å². The first-order valence-corrected chi connectivity index (χ1v) is 9.10. The molecule has 0 aromatic heterocycles. The predicted octanol–water partition coefficient (Wildman–Crippen LogP) is 3.06. The Morgan fingerprint density at radius 2 is 1.96 bits per heavy atom. The molecule has 23 heavy (non-hydrogen) atoms. The quantitative estimate of drug-likeness (QED) is 0.793. The van der Waals surface area contributed by atoms with Crippen molar-refractivity contribution in [1.82, 2.24) is 10.2 Å². The van der Waals surface area contributed by atoms with Gasteiger partial charge >= 0.3 is 0 Å². The second-order valence-corrected chi connectivity index (χ2v) is 6.64. The van der Waals surface area contributed by atoms with Crippen molar-refractivity contribution in [2.75, 3.05) is 32.9 Å². The van der Waals surface area contributed by atoms with Crippen LogP contribution < -0.4 is 10.1 Å². The zero-order valence-corrected chi connectivity index (χ0v) is 15.7. The SMILES string of the molecule is CNCC1CCN(C(=O)C(C)Oc2ccc(SC)cc2)CC1.Cl.